The molecule has 0 radical (unpaired) electrons. The average molecular weight is 316 g/mol. The highest BCUT2D eigenvalue weighted by atomic mass is 35.5. The number of pyridine rings is 1. The molecule has 0 aliphatic heterocycles. The highest BCUT2D eigenvalue weighted by Crippen LogP contribution is 2.34. The molecule has 7 heteroatoms. The maximum atomic E-state index is 12.8. The Kier molecular flexibility index (Phi) is 4.18. The van der Waals surface area contributed by atoms with Gasteiger partial charge in [0.05, 0.1) is 23.3 Å². The quantitative estimate of drug-likeness (QED) is 0.779. The number of hydrogen-bond acceptors (Lipinski definition) is 3. The Morgan fingerprint density at radius 2 is 2.00 bits per heavy atom. The molecule has 1 aromatic heterocycles. The number of benzene rings is 1. The second kappa shape index (κ2) is 5.73. The third kappa shape index (κ3) is 3.16. The van der Waals surface area contributed by atoms with Gasteiger partial charge in [-0.05, 0) is 17.7 Å². The molecule has 0 saturated carbocycles. The molecular weight excluding hydrogens is 307 g/mol. The van der Waals surface area contributed by atoms with Crippen LogP contribution in [0.2, 0.25) is 5.02 Å². The van der Waals surface area contributed by atoms with Crippen molar-refractivity contribution >= 4 is 17.6 Å². The molecule has 1 aromatic carbocycles. The summed E-state index contributed by atoms with van der Waals surface area (Å²) in [7, 11) is 1.16. The zero-order chi connectivity index (χ0) is 15.6. The van der Waals surface area contributed by atoms with Crippen LogP contribution >= 0.6 is 11.6 Å². The van der Waals surface area contributed by atoms with E-state index in [4.69, 9.17) is 11.6 Å². The third-order valence-electron chi connectivity index (χ3n) is 2.79. The predicted molar refractivity (Wildman–Crippen MR) is 71.0 cm³/mol. The van der Waals surface area contributed by atoms with Gasteiger partial charge in [-0.15, -0.1) is 0 Å². The third-order valence-corrected chi connectivity index (χ3v) is 3.08. The maximum Gasteiger partial charge on any atom is 0.416 e. The van der Waals surface area contributed by atoms with E-state index < -0.39 is 17.7 Å². The number of rotatable bonds is 2. The molecule has 0 aliphatic rings. The van der Waals surface area contributed by atoms with Crippen molar-refractivity contribution in [2.24, 2.45) is 0 Å². The molecule has 2 rings (SSSR count). The summed E-state index contributed by atoms with van der Waals surface area (Å²) in [4.78, 5) is 15.6. The van der Waals surface area contributed by atoms with Gasteiger partial charge in [0, 0.05) is 18.0 Å². The van der Waals surface area contributed by atoms with E-state index in [1.807, 2.05) is 0 Å². The molecule has 0 N–H and O–H groups in total. The number of halogens is 4. The number of esters is 1. The maximum absolute atomic E-state index is 12.8. The van der Waals surface area contributed by atoms with Gasteiger partial charge in [-0.3, -0.25) is 4.98 Å². The molecular formula is C14H9ClF3NO2. The predicted octanol–water partition coefficient (Wildman–Crippen LogP) is 4.21. The number of nitrogens with zero attached hydrogens (tertiary/aromatic N) is 1. The normalized spacial score (nSPS) is 11.3. The first-order valence-corrected chi connectivity index (χ1v) is 6.12. The topological polar surface area (TPSA) is 39.2 Å². The summed E-state index contributed by atoms with van der Waals surface area (Å²) in [5.41, 5.74) is -0.482. The van der Waals surface area contributed by atoms with Gasteiger partial charge < -0.3 is 4.74 Å². The molecule has 110 valence electrons. The lowest BCUT2D eigenvalue weighted by Crippen LogP contribution is -2.07. The van der Waals surface area contributed by atoms with Crippen LogP contribution in [-0.2, 0) is 10.9 Å². The molecule has 0 unspecified atom stereocenters. The van der Waals surface area contributed by atoms with Crippen LogP contribution in [0, 0.1) is 0 Å². The summed E-state index contributed by atoms with van der Waals surface area (Å²) in [6, 6.07) is 4.56. The minimum atomic E-state index is -4.48. The minimum Gasteiger partial charge on any atom is -0.465 e. The van der Waals surface area contributed by atoms with E-state index in [9.17, 15) is 18.0 Å². The van der Waals surface area contributed by atoms with Crippen LogP contribution in [0.1, 0.15) is 15.9 Å². The molecule has 1 heterocycles. The van der Waals surface area contributed by atoms with Crippen molar-refractivity contribution in [2.75, 3.05) is 7.11 Å². The van der Waals surface area contributed by atoms with Crippen molar-refractivity contribution in [3.05, 3.63) is 52.8 Å². The molecule has 2 aromatic rings. The standard InChI is InChI=1S/C14H9ClF3NO2/c1-21-13(20)12-10(6-19-7-11(12)15)8-3-2-4-9(5-8)14(16,17)18/h2-7H,1H3. The second-order valence-corrected chi connectivity index (χ2v) is 4.52. The summed E-state index contributed by atoms with van der Waals surface area (Å²) in [5, 5.41) is 0.0109. The zero-order valence-corrected chi connectivity index (χ0v) is 11.5. The lowest BCUT2D eigenvalue weighted by atomic mass is 10.00. The molecule has 0 saturated heterocycles. The average Bonchev–Trinajstić information content (AvgIpc) is 2.45. The van der Waals surface area contributed by atoms with Crippen LogP contribution in [0.5, 0.6) is 0 Å². The Bertz CT molecular complexity index is 686. The summed E-state index contributed by atoms with van der Waals surface area (Å²) in [6.45, 7) is 0. The lowest BCUT2D eigenvalue weighted by molar-refractivity contribution is -0.137. The summed E-state index contributed by atoms with van der Waals surface area (Å²) in [5.74, 6) is -0.741. The number of carbonyl (C=O) groups is 1. The minimum absolute atomic E-state index is 0.0109. The van der Waals surface area contributed by atoms with Gasteiger partial charge in [0.2, 0.25) is 0 Å². The van der Waals surface area contributed by atoms with Gasteiger partial charge in [-0.2, -0.15) is 13.2 Å². The van der Waals surface area contributed by atoms with Gasteiger partial charge in [0.25, 0.3) is 0 Å². The number of hydrogen-bond donors (Lipinski definition) is 0. The Balaban J connectivity index is 2.63. The SMILES string of the molecule is COC(=O)c1c(Cl)cncc1-c1cccc(C(F)(F)F)c1. The smallest absolute Gasteiger partial charge is 0.416 e. The van der Waals surface area contributed by atoms with Gasteiger partial charge in [-0.25, -0.2) is 4.79 Å². The van der Waals surface area contributed by atoms with Crippen molar-refractivity contribution in [1.82, 2.24) is 4.98 Å². The van der Waals surface area contributed by atoms with E-state index in [-0.39, 0.29) is 21.7 Å². The Hall–Kier alpha value is -2.08. The fraction of sp³-hybridized carbons (Fsp3) is 0.143. The summed E-state index contributed by atoms with van der Waals surface area (Å²) < 4.78 is 42.9. The first-order valence-electron chi connectivity index (χ1n) is 5.74. The number of aromatic nitrogens is 1. The molecule has 0 atom stereocenters. The van der Waals surface area contributed by atoms with Crippen LogP contribution in [-0.4, -0.2) is 18.1 Å². The number of alkyl halides is 3. The second-order valence-electron chi connectivity index (χ2n) is 4.11. The van der Waals surface area contributed by atoms with E-state index in [0.717, 1.165) is 19.2 Å². The first kappa shape index (κ1) is 15.3. The molecule has 0 aliphatic carbocycles. The van der Waals surface area contributed by atoms with Crippen LogP contribution < -0.4 is 0 Å². The van der Waals surface area contributed by atoms with Crippen LogP contribution in [0.3, 0.4) is 0 Å². The van der Waals surface area contributed by atoms with Crippen molar-refractivity contribution in [2.45, 2.75) is 6.18 Å². The van der Waals surface area contributed by atoms with E-state index in [1.54, 1.807) is 0 Å². The monoisotopic (exact) mass is 315 g/mol. The van der Waals surface area contributed by atoms with Crippen molar-refractivity contribution in [1.29, 1.82) is 0 Å². The fourth-order valence-electron chi connectivity index (χ4n) is 1.83. The number of ether oxygens (including phenoxy) is 1. The number of methoxy groups -OCH3 is 1. The molecule has 0 bridgehead atoms. The largest absolute Gasteiger partial charge is 0.465 e. The molecule has 3 nitrogen and oxygen atoms in total. The first-order chi connectivity index (χ1) is 9.84. The zero-order valence-electron chi connectivity index (χ0n) is 10.7. The lowest BCUT2D eigenvalue weighted by Gasteiger charge is -2.12. The summed E-state index contributed by atoms with van der Waals surface area (Å²) >= 11 is 5.90. The number of carbonyl (C=O) groups excluding carboxylic acids is 1. The fourth-order valence-corrected chi connectivity index (χ4v) is 2.06. The molecule has 0 spiro atoms. The van der Waals surface area contributed by atoms with Gasteiger partial charge in [0.15, 0.2) is 0 Å². The van der Waals surface area contributed by atoms with E-state index >= 15 is 0 Å². The van der Waals surface area contributed by atoms with E-state index in [1.165, 1.54) is 24.5 Å². The van der Waals surface area contributed by atoms with E-state index in [0.29, 0.717) is 0 Å². The molecule has 21 heavy (non-hydrogen) atoms. The summed E-state index contributed by atoms with van der Waals surface area (Å²) in [6.07, 6.45) is -1.98. The van der Waals surface area contributed by atoms with Crippen LogP contribution in [0.15, 0.2) is 36.7 Å². The molecule has 0 amide bonds. The van der Waals surface area contributed by atoms with Crippen LogP contribution in [0.4, 0.5) is 13.2 Å². The molecule has 0 fully saturated rings. The van der Waals surface area contributed by atoms with Crippen molar-refractivity contribution < 1.29 is 22.7 Å². The highest BCUT2D eigenvalue weighted by molar-refractivity contribution is 6.34. The van der Waals surface area contributed by atoms with Gasteiger partial charge in [-0.1, -0.05) is 23.7 Å². The highest BCUT2D eigenvalue weighted by Gasteiger charge is 2.31. The van der Waals surface area contributed by atoms with Crippen molar-refractivity contribution in [3.8, 4) is 11.1 Å². The van der Waals surface area contributed by atoms with Crippen molar-refractivity contribution in [3.63, 3.8) is 0 Å². The van der Waals surface area contributed by atoms with E-state index in [2.05, 4.69) is 9.72 Å². The Morgan fingerprint density at radius 3 is 2.62 bits per heavy atom. The Labute approximate surface area is 123 Å². The van der Waals surface area contributed by atoms with Gasteiger partial charge in [0.1, 0.15) is 0 Å². The van der Waals surface area contributed by atoms with Gasteiger partial charge >= 0.3 is 12.1 Å². The van der Waals surface area contributed by atoms with Crippen LogP contribution in [0.25, 0.3) is 11.1 Å². The Morgan fingerprint density at radius 1 is 1.29 bits per heavy atom.